The molecule has 2 aromatic rings. The van der Waals surface area contributed by atoms with E-state index < -0.39 is 5.97 Å². The summed E-state index contributed by atoms with van der Waals surface area (Å²) in [5, 5.41) is 13.0. The Labute approximate surface area is 158 Å². The van der Waals surface area contributed by atoms with E-state index in [4.69, 9.17) is 14.4 Å². The number of carbonyl (C=O) groups is 1. The number of hydrogen-bond acceptors (Lipinski definition) is 7. The highest BCUT2D eigenvalue weighted by Gasteiger charge is 2.24. The number of hydrogen-bond donors (Lipinski definition) is 1. The Morgan fingerprint density at radius 1 is 1.33 bits per heavy atom. The molecule has 8 heteroatoms. The van der Waals surface area contributed by atoms with Gasteiger partial charge in [-0.25, -0.2) is 0 Å². The molecule has 8 nitrogen and oxygen atoms in total. The predicted molar refractivity (Wildman–Crippen MR) is 99.5 cm³/mol. The molecule has 1 aliphatic rings. The van der Waals surface area contributed by atoms with Crippen LogP contribution in [0.25, 0.3) is 11.4 Å². The number of piperidine rings is 1. The summed E-state index contributed by atoms with van der Waals surface area (Å²) < 4.78 is 10.8. The van der Waals surface area contributed by atoms with Crippen molar-refractivity contribution in [3.8, 4) is 17.1 Å². The van der Waals surface area contributed by atoms with E-state index in [0.717, 1.165) is 37.2 Å². The van der Waals surface area contributed by atoms with Gasteiger partial charge in [0.1, 0.15) is 5.75 Å². The molecule has 1 aliphatic heterocycles. The van der Waals surface area contributed by atoms with Crippen LogP contribution in [-0.2, 0) is 11.3 Å². The number of benzene rings is 1. The van der Waals surface area contributed by atoms with Crippen LogP contribution in [0.2, 0.25) is 0 Å². The summed E-state index contributed by atoms with van der Waals surface area (Å²) in [6.45, 7) is 5.05. The van der Waals surface area contributed by atoms with Crippen LogP contribution in [0.5, 0.6) is 5.75 Å². The average Bonchev–Trinajstić information content (AvgIpc) is 3.11. The summed E-state index contributed by atoms with van der Waals surface area (Å²) in [6, 6.07) is 7.94. The van der Waals surface area contributed by atoms with Crippen LogP contribution in [0, 0.1) is 0 Å². The molecule has 1 aromatic heterocycles. The molecule has 1 fully saturated rings. The Morgan fingerprint density at radius 2 is 2.04 bits per heavy atom. The molecule has 27 heavy (non-hydrogen) atoms. The van der Waals surface area contributed by atoms with Crippen molar-refractivity contribution in [3.63, 3.8) is 0 Å². The van der Waals surface area contributed by atoms with Gasteiger partial charge in [0.2, 0.25) is 11.7 Å². The second kappa shape index (κ2) is 8.96. The monoisotopic (exact) mass is 374 g/mol. The third-order valence-corrected chi connectivity index (χ3v) is 4.82. The lowest BCUT2D eigenvalue weighted by molar-refractivity contribution is -0.138. The number of likely N-dealkylation sites (N-methyl/N-ethyl adjacent to an activating group) is 1. The lowest BCUT2D eigenvalue weighted by Gasteiger charge is -2.35. The second-order valence-electron chi connectivity index (χ2n) is 6.79. The molecule has 0 unspecified atom stereocenters. The molecule has 3 rings (SSSR count). The van der Waals surface area contributed by atoms with Crippen LogP contribution in [0.1, 0.15) is 25.7 Å². The van der Waals surface area contributed by atoms with Gasteiger partial charge in [-0.1, -0.05) is 5.16 Å². The number of carboxylic acids is 1. The van der Waals surface area contributed by atoms with E-state index in [2.05, 4.69) is 15.0 Å². The first kappa shape index (κ1) is 19.3. The van der Waals surface area contributed by atoms with Gasteiger partial charge < -0.3 is 14.4 Å². The van der Waals surface area contributed by atoms with Crippen LogP contribution >= 0.6 is 0 Å². The largest absolute Gasteiger partial charge is 0.494 e. The Hall–Kier alpha value is -2.45. The van der Waals surface area contributed by atoms with E-state index in [1.165, 1.54) is 0 Å². The van der Waals surface area contributed by atoms with Crippen molar-refractivity contribution >= 4 is 5.97 Å². The fraction of sp³-hybridized carbons (Fsp3) is 0.526. The second-order valence-corrected chi connectivity index (χ2v) is 6.79. The van der Waals surface area contributed by atoms with Gasteiger partial charge in [0.25, 0.3) is 0 Å². The molecular formula is C19H26N4O4. The van der Waals surface area contributed by atoms with E-state index in [0.29, 0.717) is 30.9 Å². The molecule has 1 saturated heterocycles. The van der Waals surface area contributed by atoms with Gasteiger partial charge in [-0.2, -0.15) is 4.98 Å². The molecule has 1 aromatic carbocycles. The van der Waals surface area contributed by atoms with Crippen molar-refractivity contribution in [1.82, 2.24) is 19.9 Å². The number of aliphatic carboxylic acids is 1. The summed E-state index contributed by atoms with van der Waals surface area (Å²) in [4.78, 5) is 19.5. The summed E-state index contributed by atoms with van der Waals surface area (Å²) in [7, 11) is 1.87. The maximum atomic E-state index is 10.8. The van der Waals surface area contributed by atoms with Crippen LogP contribution in [0.15, 0.2) is 28.8 Å². The number of ether oxygens (including phenoxy) is 1. The van der Waals surface area contributed by atoms with E-state index >= 15 is 0 Å². The maximum absolute atomic E-state index is 10.8. The minimum atomic E-state index is -0.785. The normalized spacial score (nSPS) is 16.0. The van der Waals surface area contributed by atoms with Crippen molar-refractivity contribution in [2.75, 3.05) is 33.3 Å². The van der Waals surface area contributed by atoms with Crippen molar-refractivity contribution in [1.29, 1.82) is 0 Å². The fourth-order valence-electron chi connectivity index (χ4n) is 3.36. The number of rotatable bonds is 8. The number of aromatic nitrogens is 2. The van der Waals surface area contributed by atoms with Gasteiger partial charge in [0.15, 0.2) is 0 Å². The Kier molecular flexibility index (Phi) is 6.41. The molecule has 0 amide bonds. The number of carboxylic acid groups (broad SMARTS) is 1. The quantitative estimate of drug-likeness (QED) is 0.751. The van der Waals surface area contributed by atoms with E-state index in [-0.39, 0.29) is 6.54 Å². The molecule has 146 valence electrons. The standard InChI is InChI=1S/C19H26N4O4/c1-3-26-16-6-4-14(5-7-16)19-20-17(27-21-19)12-23-10-8-15(9-11-23)22(2)13-18(24)25/h4-7,15H,3,8-13H2,1-2H3,(H,24,25). The topological polar surface area (TPSA) is 91.9 Å². The minimum Gasteiger partial charge on any atom is -0.494 e. The van der Waals surface area contributed by atoms with Gasteiger partial charge >= 0.3 is 5.97 Å². The Morgan fingerprint density at radius 3 is 2.67 bits per heavy atom. The van der Waals surface area contributed by atoms with Crippen LogP contribution in [-0.4, -0.2) is 70.3 Å². The third-order valence-electron chi connectivity index (χ3n) is 4.82. The van der Waals surface area contributed by atoms with Gasteiger partial charge in [-0.15, -0.1) is 0 Å². The zero-order valence-electron chi connectivity index (χ0n) is 15.8. The molecule has 1 N–H and O–H groups in total. The first-order valence-electron chi connectivity index (χ1n) is 9.25. The molecule has 0 aliphatic carbocycles. The Bertz CT molecular complexity index is 738. The summed E-state index contributed by atoms with van der Waals surface area (Å²) >= 11 is 0. The van der Waals surface area contributed by atoms with Crippen molar-refractivity contribution in [2.24, 2.45) is 0 Å². The predicted octanol–water partition coefficient (Wildman–Crippen LogP) is 2.12. The van der Waals surface area contributed by atoms with Crippen LogP contribution in [0.3, 0.4) is 0 Å². The smallest absolute Gasteiger partial charge is 0.317 e. The zero-order valence-corrected chi connectivity index (χ0v) is 15.8. The van der Waals surface area contributed by atoms with E-state index in [1.54, 1.807) is 0 Å². The molecule has 0 saturated carbocycles. The molecule has 2 heterocycles. The van der Waals surface area contributed by atoms with E-state index in [1.807, 2.05) is 43.1 Å². The van der Waals surface area contributed by atoms with Crippen LogP contribution < -0.4 is 4.74 Å². The van der Waals surface area contributed by atoms with Crippen molar-refractivity contribution in [2.45, 2.75) is 32.4 Å². The Balaban J connectivity index is 1.52. The molecule has 0 spiro atoms. The maximum Gasteiger partial charge on any atom is 0.317 e. The first-order chi connectivity index (χ1) is 13.0. The molecular weight excluding hydrogens is 348 g/mol. The van der Waals surface area contributed by atoms with Gasteiger partial charge in [0, 0.05) is 24.7 Å². The molecule has 0 radical (unpaired) electrons. The van der Waals surface area contributed by atoms with Crippen molar-refractivity contribution in [3.05, 3.63) is 30.2 Å². The number of nitrogens with zero attached hydrogens (tertiary/aromatic N) is 4. The number of likely N-dealkylation sites (tertiary alicyclic amines) is 1. The SMILES string of the molecule is CCOc1ccc(-c2noc(CN3CCC(N(C)CC(=O)O)CC3)n2)cc1. The minimum absolute atomic E-state index is 0.0831. The summed E-state index contributed by atoms with van der Waals surface area (Å²) in [5.41, 5.74) is 0.891. The van der Waals surface area contributed by atoms with Crippen LogP contribution in [0.4, 0.5) is 0 Å². The highest BCUT2D eigenvalue weighted by Crippen LogP contribution is 2.21. The first-order valence-corrected chi connectivity index (χ1v) is 9.25. The zero-order chi connectivity index (χ0) is 19.2. The summed E-state index contributed by atoms with van der Waals surface area (Å²) in [6.07, 6.45) is 1.87. The highest BCUT2D eigenvalue weighted by atomic mass is 16.5. The average molecular weight is 374 g/mol. The molecule has 0 bridgehead atoms. The van der Waals surface area contributed by atoms with E-state index in [9.17, 15) is 4.79 Å². The fourth-order valence-corrected chi connectivity index (χ4v) is 3.36. The molecule has 0 atom stereocenters. The van der Waals surface area contributed by atoms with Gasteiger partial charge in [-0.3, -0.25) is 14.6 Å². The summed E-state index contributed by atoms with van der Waals surface area (Å²) in [5.74, 6) is 1.20. The lowest BCUT2D eigenvalue weighted by Crippen LogP contribution is -2.44. The van der Waals surface area contributed by atoms with Gasteiger partial charge in [0.05, 0.1) is 19.7 Å². The van der Waals surface area contributed by atoms with Gasteiger partial charge in [-0.05, 0) is 51.1 Å². The lowest BCUT2D eigenvalue weighted by atomic mass is 10.0. The third kappa shape index (κ3) is 5.27. The highest BCUT2D eigenvalue weighted by molar-refractivity contribution is 5.69. The van der Waals surface area contributed by atoms with Crippen molar-refractivity contribution < 1.29 is 19.2 Å².